The van der Waals surface area contributed by atoms with Crippen molar-refractivity contribution in [3.8, 4) is 0 Å². The van der Waals surface area contributed by atoms with Gasteiger partial charge in [-0.3, -0.25) is 9.67 Å². The Morgan fingerprint density at radius 2 is 2.15 bits per heavy atom. The fourth-order valence-electron chi connectivity index (χ4n) is 3.02. The molecule has 3 rings (SSSR count). The van der Waals surface area contributed by atoms with Crippen LogP contribution in [0.15, 0.2) is 30.6 Å². The molecule has 0 amide bonds. The van der Waals surface area contributed by atoms with Crippen LogP contribution >= 0.6 is 0 Å². The predicted octanol–water partition coefficient (Wildman–Crippen LogP) is 2.98. The molecule has 1 fully saturated rings. The second kappa shape index (κ2) is 5.75. The largest absolute Gasteiger partial charge is 0.388 e. The van der Waals surface area contributed by atoms with Gasteiger partial charge in [-0.2, -0.15) is 5.10 Å². The van der Waals surface area contributed by atoms with E-state index in [1.165, 1.54) is 25.7 Å². The van der Waals surface area contributed by atoms with Crippen LogP contribution in [-0.4, -0.2) is 19.9 Å². The topological polar surface area (TPSA) is 50.9 Å². The summed E-state index contributed by atoms with van der Waals surface area (Å²) in [6.45, 7) is 1.93. The van der Waals surface area contributed by atoms with Gasteiger partial charge in [-0.25, -0.2) is 0 Å². The zero-order valence-electron chi connectivity index (χ0n) is 11.9. The number of hydrogen-bond acceptors (Lipinski definition) is 3. The van der Waals surface area contributed by atoms with Gasteiger partial charge < -0.3 is 5.11 Å². The molecule has 20 heavy (non-hydrogen) atoms. The van der Waals surface area contributed by atoms with Gasteiger partial charge in [0.15, 0.2) is 0 Å². The highest BCUT2D eigenvalue weighted by Crippen LogP contribution is 2.29. The summed E-state index contributed by atoms with van der Waals surface area (Å²) in [6, 6.07) is 6.37. The zero-order chi connectivity index (χ0) is 13.9. The van der Waals surface area contributed by atoms with E-state index in [2.05, 4.69) is 14.8 Å². The Bertz CT molecular complexity index is 573. The molecule has 1 atom stereocenters. The van der Waals surface area contributed by atoms with Crippen LogP contribution < -0.4 is 0 Å². The van der Waals surface area contributed by atoms with E-state index < -0.39 is 6.10 Å². The lowest BCUT2D eigenvalue weighted by atomic mass is 10.0. The third kappa shape index (κ3) is 2.75. The fraction of sp³-hybridized carbons (Fsp3) is 0.500. The fourth-order valence-corrected chi connectivity index (χ4v) is 3.02. The Morgan fingerprint density at radius 3 is 2.90 bits per heavy atom. The number of hydrogen-bond donors (Lipinski definition) is 1. The molecule has 2 aromatic rings. The second-order valence-corrected chi connectivity index (χ2v) is 5.62. The molecule has 1 unspecified atom stereocenters. The third-order valence-electron chi connectivity index (χ3n) is 4.17. The van der Waals surface area contributed by atoms with Crippen LogP contribution in [0.2, 0.25) is 0 Å². The molecule has 0 aromatic carbocycles. The average Bonchev–Trinajstić information content (AvgIpc) is 3.09. The molecule has 1 saturated carbocycles. The van der Waals surface area contributed by atoms with Crippen molar-refractivity contribution in [1.82, 2.24) is 14.8 Å². The Kier molecular flexibility index (Phi) is 3.83. The minimum absolute atomic E-state index is 0.532. The maximum atomic E-state index is 10.3. The smallest absolute Gasteiger partial charge is 0.0863 e. The molecular weight excluding hydrogens is 250 g/mol. The van der Waals surface area contributed by atoms with Gasteiger partial charge in [0.25, 0.3) is 0 Å². The van der Waals surface area contributed by atoms with E-state index >= 15 is 0 Å². The molecule has 2 aromatic heterocycles. The normalized spacial score (nSPS) is 17.5. The van der Waals surface area contributed by atoms with Gasteiger partial charge in [0.1, 0.15) is 0 Å². The average molecular weight is 271 g/mol. The molecule has 4 heteroatoms. The summed E-state index contributed by atoms with van der Waals surface area (Å²) < 4.78 is 2.07. The standard InChI is InChI=1S/C16H21N3O/c1-12-15(7-4-9-17-12)16(20)11-13-8-10-19(18-13)14-5-2-3-6-14/h4,7-10,14,16,20H,2-3,5-6,11H2,1H3. The van der Waals surface area contributed by atoms with E-state index in [0.29, 0.717) is 12.5 Å². The van der Waals surface area contributed by atoms with E-state index in [1.54, 1.807) is 6.20 Å². The lowest BCUT2D eigenvalue weighted by Gasteiger charge is -2.12. The van der Waals surface area contributed by atoms with Gasteiger partial charge in [0, 0.05) is 30.1 Å². The van der Waals surface area contributed by atoms with Crippen molar-refractivity contribution in [3.05, 3.63) is 47.5 Å². The van der Waals surface area contributed by atoms with Crippen LogP contribution in [0.3, 0.4) is 0 Å². The molecule has 4 nitrogen and oxygen atoms in total. The molecule has 1 aliphatic rings. The van der Waals surface area contributed by atoms with Crippen molar-refractivity contribution in [2.45, 2.75) is 51.2 Å². The summed E-state index contributed by atoms with van der Waals surface area (Å²) in [7, 11) is 0. The van der Waals surface area contributed by atoms with E-state index in [-0.39, 0.29) is 0 Å². The number of aliphatic hydroxyl groups excluding tert-OH is 1. The molecule has 106 valence electrons. The first-order chi connectivity index (χ1) is 9.74. The first-order valence-electron chi connectivity index (χ1n) is 7.37. The van der Waals surface area contributed by atoms with Crippen LogP contribution in [0, 0.1) is 6.92 Å². The Labute approximate surface area is 119 Å². The van der Waals surface area contributed by atoms with E-state index in [1.807, 2.05) is 31.3 Å². The van der Waals surface area contributed by atoms with Gasteiger partial charge >= 0.3 is 0 Å². The molecule has 0 bridgehead atoms. The van der Waals surface area contributed by atoms with Crippen LogP contribution in [0.4, 0.5) is 0 Å². The van der Waals surface area contributed by atoms with Gasteiger partial charge in [0.2, 0.25) is 0 Å². The van der Waals surface area contributed by atoms with E-state index in [0.717, 1.165) is 17.0 Å². The van der Waals surface area contributed by atoms with Crippen LogP contribution in [0.25, 0.3) is 0 Å². The third-order valence-corrected chi connectivity index (χ3v) is 4.17. The van der Waals surface area contributed by atoms with E-state index in [4.69, 9.17) is 0 Å². The van der Waals surface area contributed by atoms with Crippen molar-refractivity contribution in [3.63, 3.8) is 0 Å². The van der Waals surface area contributed by atoms with Crippen molar-refractivity contribution in [1.29, 1.82) is 0 Å². The number of rotatable bonds is 4. The summed E-state index contributed by atoms with van der Waals surface area (Å²) in [6.07, 6.45) is 8.88. The van der Waals surface area contributed by atoms with Gasteiger partial charge in [0.05, 0.1) is 17.8 Å². The molecule has 0 radical (unpaired) electrons. The number of aromatic nitrogens is 3. The minimum Gasteiger partial charge on any atom is -0.388 e. The summed E-state index contributed by atoms with van der Waals surface area (Å²) in [5, 5.41) is 15.0. The highest BCUT2D eigenvalue weighted by atomic mass is 16.3. The zero-order valence-corrected chi connectivity index (χ0v) is 11.9. The quantitative estimate of drug-likeness (QED) is 0.930. The molecule has 0 saturated heterocycles. The summed E-state index contributed by atoms with van der Waals surface area (Å²) in [5.41, 5.74) is 2.73. The monoisotopic (exact) mass is 271 g/mol. The van der Waals surface area contributed by atoms with Crippen LogP contribution in [0.1, 0.15) is 54.8 Å². The lowest BCUT2D eigenvalue weighted by Crippen LogP contribution is -2.08. The highest BCUT2D eigenvalue weighted by molar-refractivity contribution is 5.22. The SMILES string of the molecule is Cc1ncccc1C(O)Cc1ccn(C2CCCC2)n1. The second-order valence-electron chi connectivity index (χ2n) is 5.62. The van der Waals surface area contributed by atoms with Crippen molar-refractivity contribution in [2.75, 3.05) is 0 Å². The van der Waals surface area contributed by atoms with Crippen molar-refractivity contribution >= 4 is 0 Å². The minimum atomic E-state index is -0.532. The predicted molar refractivity (Wildman–Crippen MR) is 77.4 cm³/mol. The van der Waals surface area contributed by atoms with Gasteiger partial charge in [-0.05, 0) is 31.9 Å². The highest BCUT2D eigenvalue weighted by Gasteiger charge is 2.19. The molecule has 0 aliphatic heterocycles. The first kappa shape index (κ1) is 13.3. The summed E-state index contributed by atoms with van der Waals surface area (Å²) in [5.74, 6) is 0. The maximum Gasteiger partial charge on any atom is 0.0863 e. The maximum absolute atomic E-state index is 10.3. The first-order valence-corrected chi connectivity index (χ1v) is 7.37. The number of nitrogens with zero attached hydrogens (tertiary/aromatic N) is 3. The molecule has 0 spiro atoms. The number of aliphatic hydroxyl groups is 1. The molecule has 1 aliphatic carbocycles. The van der Waals surface area contributed by atoms with Crippen LogP contribution in [0.5, 0.6) is 0 Å². The van der Waals surface area contributed by atoms with Gasteiger partial charge in [-0.15, -0.1) is 0 Å². The number of pyridine rings is 1. The molecular formula is C16H21N3O. The van der Waals surface area contributed by atoms with Crippen LogP contribution in [-0.2, 0) is 6.42 Å². The van der Waals surface area contributed by atoms with E-state index in [9.17, 15) is 5.11 Å². The number of aryl methyl sites for hydroxylation is 1. The van der Waals surface area contributed by atoms with Crippen molar-refractivity contribution < 1.29 is 5.11 Å². The molecule has 1 N–H and O–H groups in total. The van der Waals surface area contributed by atoms with Gasteiger partial charge in [-0.1, -0.05) is 18.9 Å². The summed E-state index contributed by atoms with van der Waals surface area (Å²) in [4.78, 5) is 4.22. The Balaban J connectivity index is 1.70. The summed E-state index contributed by atoms with van der Waals surface area (Å²) >= 11 is 0. The van der Waals surface area contributed by atoms with Crippen molar-refractivity contribution in [2.24, 2.45) is 0 Å². The lowest BCUT2D eigenvalue weighted by molar-refractivity contribution is 0.175. The Morgan fingerprint density at radius 1 is 1.35 bits per heavy atom. The molecule has 2 heterocycles. The Hall–Kier alpha value is -1.68.